The van der Waals surface area contributed by atoms with Crippen LogP contribution in [0.25, 0.3) is 16.8 Å². The van der Waals surface area contributed by atoms with Gasteiger partial charge in [-0.3, -0.25) is 9.36 Å². The van der Waals surface area contributed by atoms with Crippen LogP contribution in [-0.4, -0.2) is 23.8 Å². The molecule has 1 unspecified atom stereocenters. The summed E-state index contributed by atoms with van der Waals surface area (Å²) < 4.78 is 13.4. The van der Waals surface area contributed by atoms with Gasteiger partial charge in [-0.25, -0.2) is 9.79 Å². The van der Waals surface area contributed by atoms with Crippen LogP contribution >= 0.6 is 11.3 Å². The van der Waals surface area contributed by atoms with Crippen molar-refractivity contribution in [2.24, 2.45) is 4.99 Å². The van der Waals surface area contributed by atoms with Gasteiger partial charge in [-0.2, -0.15) is 0 Å². The quantitative estimate of drug-likeness (QED) is 0.371. The van der Waals surface area contributed by atoms with Crippen LogP contribution in [0.4, 0.5) is 0 Å². The Labute approximate surface area is 212 Å². The zero-order chi connectivity index (χ0) is 25.2. The van der Waals surface area contributed by atoms with E-state index >= 15 is 0 Å². The maximum atomic E-state index is 13.9. The van der Waals surface area contributed by atoms with Crippen molar-refractivity contribution in [3.05, 3.63) is 109 Å². The number of hydrogen-bond acceptors (Lipinski definition) is 6. The zero-order valence-corrected chi connectivity index (χ0v) is 21.2. The van der Waals surface area contributed by atoms with Crippen LogP contribution in [0.2, 0.25) is 0 Å². The van der Waals surface area contributed by atoms with Gasteiger partial charge in [0, 0.05) is 5.56 Å². The number of rotatable bonds is 6. The fraction of sp³-hybridized carbons (Fsp3) is 0.207. The molecule has 1 atom stereocenters. The summed E-state index contributed by atoms with van der Waals surface area (Å²) in [5.41, 5.74) is 2.38. The first-order valence-corrected chi connectivity index (χ1v) is 12.7. The van der Waals surface area contributed by atoms with Gasteiger partial charge < -0.3 is 9.47 Å². The number of fused-ring (bicyclic) bond motifs is 2. The van der Waals surface area contributed by atoms with E-state index in [-0.39, 0.29) is 12.2 Å². The van der Waals surface area contributed by atoms with Crippen molar-refractivity contribution in [1.82, 2.24) is 4.57 Å². The SMILES string of the molecule is CCOC(=O)C1=C(C)N=c2sc(=Cc3c(OCC)ccc4ccccc34)c(=O)n2C1c1ccccc1. The molecule has 1 aliphatic heterocycles. The number of aromatic nitrogens is 1. The topological polar surface area (TPSA) is 69.9 Å². The molecule has 0 amide bonds. The average Bonchev–Trinajstić information content (AvgIpc) is 3.19. The molecule has 0 saturated heterocycles. The lowest BCUT2D eigenvalue weighted by molar-refractivity contribution is -0.139. The van der Waals surface area contributed by atoms with Gasteiger partial charge in [-0.1, -0.05) is 72.0 Å². The second-order valence-electron chi connectivity index (χ2n) is 8.34. The Kier molecular flexibility index (Phi) is 6.57. The summed E-state index contributed by atoms with van der Waals surface area (Å²) >= 11 is 1.31. The summed E-state index contributed by atoms with van der Waals surface area (Å²) in [5.74, 6) is 0.250. The molecule has 0 aliphatic carbocycles. The zero-order valence-electron chi connectivity index (χ0n) is 20.4. The molecule has 1 aliphatic rings. The second-order valence-corrected chi connectivity index (χ2v) is 9.35. The highest BCUT2D eigenvalue weighted by molar-refractivity contribution is 7.07. The van der Waals surface area contributed by atoms with E-state index in [0.29, 0.717) is 33.0 Å². The minimum absolute atomic E-state index is 0.211. The minimum atomic E-state index is -0.623. The molecular weight excluding hydrogens is 472 g/mol. The van der Waals surface area contributed by atoms with E-state index in [2.05, 4.69) is 4.99 Å². The molecule has 5 rings (SSSR count). The highest BCUT2D eigenvalue weighted by atomic mass is 32.1. The van der Waals surface area contributed by atoms with Gasteiger partial charge in [0.15, 0.2) is 4.80 Å². The number of allylic oxidation sites excluding steroid dienone is 1. The number of thiazole rings is 1. The summed E-state index contributed by atoms with van der Waals surface area (Å²) in [6.45, 7) is 6.24. The van der Waals surface area contributed by atoms with E-state index in [0.717, 1.165) is 21.9 Å². The van der Waals surface area contributed by atoms with Crippen LogP contribution in [-0.2, 0) is 9.53 Å². The summed E-state index contributed by atoms with van der Waals surface area (Å²) in [7, 11) is 0. The maximum Gasteiger partial charge on any atom is 0.338 e. The van der Waals surface area contributed by atoms with E-state index in [9.17, 15) is 9.59 Å². The maximum absolute atomic E-state index is 13.9. The van der Waals surface area contributed by atoms with Gasteiger partial charge in [0.2, 0.25) is 0 Å². The molecule has 0 radical (unpaired) electrons. The number of hydrogen-bond donors (Lipinski definition) is 0. The van der Waals surface area contributed by atoms with Gasteiger partial charge in [0.1, 0.15) is 5.75 Å². The number of ether oxygens (including phenoxy) is 2. The molecule has 7 heteroatoms. The van der Waals surface area contributed by atoms with E-state index in [1.54, 1.807) is 18.4 Å². The molecule has 36 heavy (non-hydrogen) atoms. The van der Waals surface area contributed by atoms with Crippen LogP contribution < -0.4 is 19.6 Å². The molecule has 0 spiro atoms. The third kappa shape index (κ3) is 4.16. The predicted molar refractivity (Wildman–Crippen MR) is 142 cm³/mol. The standard InChI is InChI=1S/C29H26N2O4S/c1-4-34-23-16-15-19-11-9-10-14-21(19)22(23)17-24-27(32)31-26(20-12-7-6-8-13-20)25(28(33)35-5-2)18(3)30-29(31)36-24/h6-17,26H,4-5H2,1-3H3. The lowest BCUT2D eigenvalue weighted by Crippen LogP contribution is -2.39. The van der Waals surface area contributed by atoms with Crippen LogP contribution in [0, 0.1) is 0 Å². The molecule has 3 aromatic carbocycles. The number of carbonyl (C=O) groups excluding carboxylic acids is 1. The van der Waals surface area contributed by atoms with Crippen LogP contribution in [0.3, 0.4) is 0 Å². The second kappa shape index (κ2) is 9.95. The molecular formula is C29H26N2O4S. The molecule has 0 fully saturated rings. The van der Waals surface area contributed by atoms with Crippen molar-refractivity contribution in [3.8, 4) is 5.75 Å². The van der Waals surface area contributed by atoms with Crippen molar-refractivity contribution in [1.29, 1.82) is 0 Å². The number of benzene rings is 3. The molecule has 4 aromatic rings. The lowest BCUT2D eigenvalue weighted by atomic mass is 9.96. The number of nitrogens with zero attached hydrogens (tertiary/aromatic N) is 2. The minimum Gasteiger partial charge on any atom is -0.493 e. The summed E-state index contributed by atoms with van der Waals surface area (Å²) in [6.07, 6.45) is 1.88. The van der Waals surface area contributed by atoms with E-state index in [4.69, 9.17) is 9.47 Å². The monoisotopic (exact) mass is 498 g/mol. The largest absolute Gasteiger partial charge is 0.493 e. The Morgan fingerprint density at radius 1 is 1.03 bits per heavy atom. The molecule has 0 saturated carbocycles. The first-order chi connectivity index (χ1) is 17.5. The van der Waals surface area contributed by atoms with Gasteiger partial charge >= 0.3 is 5.97 Å². The van der Waals surface area contributed by atoms with Crippen molar-refractivity contribution >= 4 is 34.2 Å². The normalized spacial score (nSPS) is 15.5. The Morgan fingerprint density at radius 2 is 1.78 bits per heavy atom. The molecule has 182 valence electrons. The first kappa shape index (κ1) is 23.8. The summed E-state index contributed by atoms with van der Waals surface area (Å²) in [6, 6.07) is 20.9. The van der Waals surface area contributed by atoms with E-state index in [1.807, 2.05) is 79.7 Å². The molecule has 1 aromatic heterocycles. The van der Waals surface area contributed by atoms with Crippen LogP contribution in [0.1, 0.15) is 37.9 Å². The van der Waals surface area contributed by atoms with Crippen LogP contribution in [0.15, 0.2) is 87.8 Å². The van der Waals surface area contributed by atoms with Gasteiger partial charge in [-0.15, -0.1) is 0 Å². The lowest BCUT2D eigenvalue weighted by Gasteiger charge is -2.24. The molecule has 2 heterocycles. The van der Waals surface area contributed by atoms with Crippen molar-refractivity contribution in [2.75, 3.05) is 13.2 Å². The van der Waals surface area contributed by atoms with Crippen molar-refractivity contribution in [3.63, 3.8) is 0 Å². The first-order valence-electron chi connectivity index (χ1n) is 11.9. The van der Waals surface area contributed by atoms with E-state index in [1.165, 1.54) is 11.3 Å². The van der Waals surface area contributed by atoms with Crippen molar-refractivity contribution in [2.45, 2.75) is 26.8 Å². The molecule has 6 nitrogen and oxygen atoms in total. The number of carbonyl (C=O) groups is 1. The molecule has 0 bridgehead atoms. The summed E-state index contributed by atoms with van der Waals surface area (Å²) in [5, 5.41) is 2.06. The van der Waals surface area contributed by atoms with Crippen LogP contribution in [0.5, 0.6) is 5.75 Å². The summed E-state index contributed by atoms with van der Waals surface area (Å²) in [4.78, 5) is 32.1. The fourth-order valence-electron chi connectivity index (χ4n) is 4.58. The Bertz CT molecular complexity index is 1670. The third-order valence-electron chi connectivity index (χ3n) is 6.14. The molecule has 0 N–H and O–H groups in total. The predicted octanol–water partition coefficient (Wildman–Crippen LogP) is 4.35. The van der Waals surface area contributed by atoms with Gasteiger partial charge in [0.05, 0.1) is 35.1 Å². The Morgan fingerprint density at radius 3 is 2.53 bits per heavy atom. The van der Waals surface area contributed by atoms with Gasteiger partial charge in [0.25, 0.3) is 5.56 Å². The fourth-order valence-corrected chi connectivity index (χ4v) is 5.61. The highest BCUT2D eigenvalue weighted by Crippen LogP contribution is 2.31. The van der Waals surface area contributed by atoms with Crippen molar-refractivity contribution < 1.29 is 14.3 Å². The smallest absolute Gasteiger partial charge is 0.338 e. The highest BCUT2D eigenvalue weighted by Gasteiger charge is 2.33. The van der Waals surface area contributed by atoms with E-state index < -0.39 is 12.0 Å². The third-order valence-corrected chi connectivity index (χ3v) is 7.12. The number of esters is 1. The Balaban J connectivity index is 1.77. The Hall–Kier alpha value is -3.97. The van der Waals surface area contributed by atoms with Gasteiger partial charge in [-0.05, 0) is 49.2 Å². The average molecular weight is 499 g/mol.